The van der Waals surface area contributed by atoms with Gasteiger partial charge in [-0.2, -0.15) is 0 Å². The van der Waals surface area contributed by atoms with Gasteiger partial charge in [-0.15, -0.1) is 10.2 Å². The molecule has 2 saturated heterocycles. The molecule has 3 heterocycles. The van der Waals surface area contributed by atoms with Crippen LogP contribution in [0.2, 0.25) is 0 Å². The highest BCUT2D eigenvalue weighted by Gasteiger charge is 2.45. The third kappa shape index (κ3) is 2.74. The Kier molecular flexibility index (Phi) is 3.61. The Morgan fingerprint density at radius 2 is 2.10 bits per heavy atom. The van der Waals surface area contributed by atoms with Gasteiger partial charge in [0.05, 0.1) is 13.1 Å². The van der Waals surface area contributed by atoms with E-state index in [4.69, 9.17) is 4.74 Å². The van der Waals surface area contributed by atoms with Gasteiger partial charge in [0, 0.05) is 39.0 Å². The van der Waals surface area contributed by atoms with E-state index in [9.17, 15) is 4.79 Å². The van der Waals surface area contributed by atoms with Crippen molar-refractivity contribution < 1.29 is 9.53 Å². The van der Waals surface area contributed by atoms with E-state index in [-0.39, 0.29) is 11.7 Å². The van der Waals surface area contributed by atoms with Crippen LogP contribution in [0.25, 0.3) is 0 Å². The number of rotatable bonds is 3. The Bertz CT molecular complexity index is 519. The van der Waals surface area contributed by atoms with E-state index in [0.717, 1.165) is 38.3 Å². The molecule has 2 aliphatic heterocycles. The van der Waals surface area contributed by atoms with Gasteiger partial charge in [-0.25, -0.2) is 4.79 Å². The highest BCUT2D eigenvalue weighted by Crippen LogP contribution is 2.32. The second-order valence-corrected chi connectivity index (χ2v) is 6.43. The summed E-state index contributed by atoms with van der Waals surface area (Å²) < 4.78 is 7.68. The van der Waals surface area contributed by atoms with E-state index in [2.05, 4.69) is 33.5 Å². The van der Waals surface area contributed by atoms with Gasteiger partial charge in [-0.3, -0.25) is 4.90 Å². The lowest BCUT2D eigenvalue weighted by Gasteiger charge is -2.37. The molecule has 116 valence electrons. The zero-order chi connectivity index (χ0) is 15.0. The molecule has 0 bridgehead atoms. The summed E-state index contributed by atoms with van der Waals surface area (Å²) in [4.78, 5) is 15.6. The van der Waals surface area contributed by atoms with Crippen LogP contribution in [0.3, 0.4) is 0 Å². The number of hydrogen-bond acceptors (Lipinski definition) is 5. The van der Waals surface area contributed by atoms with Gasteiger partial charge in [0.1, 0.15) is 17.8 Å². The number of piperidine rings is 1. The predicted molar refractivity (Wildman–Crippen MR) is 76.8 cm³/mol. The Morgan fingerprint density at radius 1 is 1.38 bits per heavy atom. The number of likely N-dealkylation sites (tertiary alicyclic amines) is 1. The fourth-order valence-corrected chi connectivity index (χ4v) is 3.18. The molecule has 0 atom stereocenters. The Labute approximate surface area is 124 Å². The Hall–Kier alpha value is -1.63. The number of carbonyl (C=O) groups excluding carboxylic acids is 1. The molecular formula is C14H23N5O2. The summed E-state index contributed by atoms with van der Waals surface area (Å²) in [6, 6.07) is 0.371. The zero-order valence-electron chi connectivity index (χ0n) is 12.9. The first-order chi connectivity index (χ1) is 9.99. The van der Waals surface area contributed by atoms with Crippen molar-refractivity contribution in [3.63, 3.8) is 0 Å². The second kappa shape index (κ2) is 5.29. The topological polar surface area (TPSA) is 63.5 Å². The lowest BCUT2D eigenvalue weighted by atomic mass is 9.91. The minimum absolute atomic E-state index is 0.192. The van der Waals surface area contributed by atoms with Crippen LogP contribution in [0.5, 0.6) is 0 Å². The molecule has 2 aliphatic rings. The molecule has 7 heteroatoms. The van der Waals surface area contributed by atoms with Crippen LogP contribution in [-0.4, -0.2) is 62.9 Å². The van der Waals surface area contributed by atoms with E-state index in [1.54, 1.807) is 18.3 Å². The summed E-state index contributed by atoms with van der Waals surface area (Å²) in [5.41, 5.74) is -0.270. The standard InChI is InChI=1S/C14H23N5O2/c1-11(2)19-10-15-16-12(19)8-18-6-4-14(5-7-18)9-17(3)13(20)21-14/h10-11H,4-9H2,1-3H3. The number of nitrogens with zero attached hydrogens (tertiary/aromatic N) is 5. The van der Waals surface area contributed by atoms with Crippen LogP contribution in [0.1, 0.15) is 38.6 Å². The third-order valence-electron chi connectivity index (χ3n) is 4.48. The number of carbonyl (C=O) groups is 1. The van der Waals surface area contributed by atoms with Crippen molar-refractivity contribution in [1.82, 2.24) is 24.6 Å². The molecule has 0 aromatic carbocycles. The fourth-order valence-electron chi connectivity index (χ4n) is 3.18. The smallest absolute Gasteiger partial charge is 0.410 e. The lowest BCUT2D eigenvalue weighted by Crippen LogP contribution is -2.46. The second-order valence-electron chi connectivity index (χ2n) is 6.43. The largest absolute Gasteiger partial charge is 0.441 e. The van der Waals surface area contributed by atoms with Crippen molar-refractivity contribution in [3.8, 4) is 0 Å². The molecule has 1 spiro atoms. The van der Waals surface area contributed by atoms with Crippen molar-refractivity contribution in [2.75, 3.05) is 26.7 Å². The van der Waals surface area contributed by atoms with Crippen molar-refractivity contribution in [2.24, 2.45) is 0 Å². The van der Waals surface area contributed by atoms with Gasteiger partial charge < -0.3 is 14.2 Å². The average Bonchev–Trinajstić information content (AvgIpc) is 2.99. The van der Waals surface area contributed by atoms with E-state index in [1.807, 2.05) is 0 Å². The highest BCUT2D eigenvalue weighted by atomic mass is 16.6. The van der Waals surface area contributed by atoms with Crippen LogP contribution in [0.4, 0.5) is 4.79 Å². The average molecular weight is 293 g/mol. The molecule has 21 heavy (non-hydrogen) atoms. The Balaban J connectivity index is 1.59. The van der Waals surface area contributed by atoms with E-state index in [1.165, 1.54) is 0 Å². The summed E-state index contributed by atoms with van der Waals surface area (Å²) in [5, 5.41) is 8.23. The Morgan fingerprint density at radius 3 is 2.67 bits per heavy atom. The van der Waals surface area contributed by atoms with Crippen LogP contribution >= 0.6 is 0 Å². The number of amides is 1. The zero-order valence-corrected chi connectivity index (χ0v) is 12.9. The normalized spacial score (nSPS) is 22.3. The first-order valence-electron chi connectivity index (χ1n) is 7.54. The molecule has 0 aliphatic carbocycles. The minimum Gasteiger partial charge on any atom is -0.441 e. The number of ether oxygens (including phenoxy) is 1. The molecular weight excluding hydrogens is 270 g/mol. The monoisotopic (exact) mass is 293 g/mol. The molecule has 0 radical (unpaired) electrons. The molecule has 3 rings (SSSR count). The van der Waals surface area contributed by atoms with Gasteiger partial charge in [-0.05, 0) is 13.8 Å². The minimum atomic E-state index is -0.270. The fraction of sp³-hybridized carbons (Fsp3) is 0.786. The van der Waals surface area contributed by atoms with Gasteiger partial charge in [0.2, 0.25) is 0 Å². The number of aromatic nitrogens is 3. The van der Waals surface area contributed by atoms with Crippen molar-refractivity contribution in [2.45, 2.75) is 44.9 Å². The van der Waals surface area contributed by atoms with Crippen LogP contribution in [0.15, 0.2) is 6.33 Å². The number of hydrogen-bond donors (Lipinski definition) is 0. The van der Waals surface area contributed by atoms with Crippen LogP contribution < -0.4 is 0 Å². The molecule has 1 amide bonds. The van der Waals surface area contributed by atoms with E-state index < -0.39 is 0 Å². The quantitative estimate of drug-likeness (QED) is 0.840. The first kappa shape index (κ1) is 14.3. The lowest BCUT2D eigenvalue weighted by molar-refractivity contribution is -0.00204. The van der Waals surface area contributed by atoms with Gasteiger partial charge >= 0.3 is 6.09 Å². The first-order valence-corrected chi connectivity index (χ1v) is 7.54. The van der Waals surface area contributed by atoms with Gasteiger partial charge in [0.25, 0.3) is 0 Å². The van der Waals surface area contributed by atoms with E-state index in [0.29, 0.717) is 12.6 Å². The van der Waals surface area contributed by atoms with Gasteiger partial charge in [-0.1, -0.05) is 0 Å². The van der Waals surface area contributed by atoms with Crippen LogP contribution in [-0.2, 0) is 11.3 Å². The molecule has 0 saturated carbocycles. The molecule has 1 aromatic rings. The summed E-state index contributed by atoms with van der Waals surface area (Å²) in [5.74, 6) is 1.00. The summed E-state index contributed by atoms with van der Waals surface area (Å²) in [6.45, 7) is 7.62. The maximum Gasteiger partial charge on any atom is 0.410 e. The van der Waals surface area contributed by atoms with E-state index >= 15 is 0 Å². The number of likely N-dealkylation sites (N-methyl/N-ethyl adjacent to an activating group) is 1. The molecule has 7 nitrogen and oxygen atoms in total. The van der Waals surface area contributed by atoms with Crippen LogP contribution in [0, 0.1) is 0 Å². The molecule has 0 unspecified atom stereocenters. The van der Waals surface area contributed by atoms with Crippen molar-refractivity contribution in [3.05, 3.63) is 12.2 Å². The van der Waals surface area contributed by atoms with Gasteiger partial charge in [0.15, 0.2) is 0 Å². The molecule has 0 N–H and O–H groups in total. The maximum absolute atomic E-state index is 11.6. The summed E-state index contributed by atoms with van der Waals surface area (Å²) in [6.07, 6.45) is 3.37. The maximum atomic E-state index is 11.6. The summed E-state index contributed by atoms with van der Waals surface area (Å²) in [7, 11) is 1.80. The third-order valence-corrected chi connectivity index (χ3v) is 4.48. The molecule has 1 aromatic heterocycles. The molecule has 2 fully saturated rings. The SMILES string of the molecule is CC(C)n1cnnc1CN1CCC2(CC1)CN(C)C(=O)O2. The van der Waals surface area contributed by atoms with Crippen molar-refractivity contribution in [1.29, 1.82) is 0 Å². The summed E-state index contributed by atoms with van der Waals surface area (Å²) >= 11 is 0. The van der Waals surface area contributed by atoms with Crippen molar-refractivity contribution >= 4 is 6.09 Å². The highest BCUT2D eigenvalue weighted by molar-refractivity contribution is 5.70. The predicted octanol–water partition coefficient (Wildman–Crippen LogP) is 1.28.